The van der Waals surface area contributed by atoms with Crippen molar-refractivity contribution in [1.29, 1.82) is 0 Å². The zero-order valence-corrected chi connectivity index (χ0v) is 10.0. The van der Waals surface area contributed by atoms with Crippen LogP contribution in [0.25, 0.3) is 0 Å². The molecule has 0 aromatic carbocycles. The number of hydrogen-bond donors (Lipinski definition) is 2. The Morgan fingerprint density at radius 2 is 2.25 bits per heavy atom. The van der Waals surface area contributed by atoms with E-state index < -0.39 is 11.7 Å². The van der Waals surface area contributed by atoms with Gasteiger partial charge in [-0.25, -0.2) is 9.59 Å². The molecule has 6 nitrogen and oxygen atoms in total. The van der Waals surface area contributed by atoms with E-state index in [1.54, 1.807) is 25.7 Å². The monoisotopic (exact) mass is 229 g/mol. The van der Waals surface area contributed by atoms with Gasteiger partial charge >= 0.3 is 12.1 Å². The summed E-state index contributed by atoms with van der Waals surface area (Å²) in [6.07, 6.45) is -0.452. The third-order valence-corrected chi connectivity index (χ3v) is 2.00. The molecule has 92 valence electrons. The fraction of sp³-hybridized carbons (Fsp3) is 0.800. The SMILES string of the molecule is CC(C)(C)OC(=O)NCCN1CCNC1=O. The summed E-state index contributed by atoms with van der Waals surface area (Å²) in [5.74, 6) is 0. The van der Waals surface area contributed by atoms with Crippen LogP contribution in [0.4, 0.5) is 9.59 Å². The van der Waals surface area contributed by atoms with Crippen LogP contribution in [0.3, 0.4) is 0 Å². The highest BCUT2D eigenvalue weighted by Crippen LogP contribution is 2.06. The average molecular weight is 229 g/mol. The summed E-state index contributed by atoms with van der Waals surface area (Å²) in [4.78, 5) is 24.1. The molecule has 1 fully saturated rings. The number of nitrogens with zero attached hydrogens (tertiary/aromatic N) is 1. The first-order valence-electron chi connectivity index (χ1n) is 5.38. The van der Waals surface area contributed by atoms with E-state index in [1.807, 2.05) is 0 Å². The van der Waals surface area contributed by atoms with E-state index in [9.17, 15) is 9.59 Å². The maximum Gasteiger partial charge on any atom is 0.407 e. The molecule has 0 unspecified atom stereocenters. The molecule has 1 saturated heterocycles. The van der Waals surface area contributed by atoms with Gasteiger partial charge < -0.3 is 20.3 Å². The van der Waals surface area contributed by atoms with Gasteiger partial charge in [-0.05, 0) is 20.8 Å². The third kappa shape index (κ3) is 4.37. The van der Waals surface area contributed by atoms with Crippen molar-refractivity contribution in [3.63, 3.8) is 0 Å². The first-order valence-corrected chi connectivity index (χ1v) is 5.38. The van der Waals surface area contributed by atoms with Gasteiger partial charge in [0.05, 0.1) is 0 Å². The van der Waals surface area contributed by atoms with Gasteiger partial charge in [-0.15, -0.1) is 0 Å². The predicted octanol–water partition coefficient (Wildman–Crippen LogP) is 0.536. The van der Waals surface area contributed by atoms with Crippen molar-refractivity contribution in [2.45, 2.75) is 26.4 Å². The van der Waals surface area contributed by atoms with Crippen LogP contribution in [-0.4, -0.2) is 48.8 Å². The fourth-order valence-corrected chi connectivity index (χ4v) is 1.33. The Morgan fingerprint density at radius 3 is 2.75 bits per heavy atom. The number of hydrogen-bond acceptors (Lipinski definition) is 3. The Hall–Kier alpha value is -1.46. The van der Waals surface area contributed by atoms with E-state index in [1.165, 1.54) is 0 Å². The van der Waals surface area contributed by atoms with Gasteiger partial charge in [0.25, 0.3) is 0 Å². The normalized spacial score (nSPS) is 15.9. The fourth-order valence-electron chi connectivity index (χ4n) is 1.33. The number of rotatable bonds is 3. The van der Waals surface area contributed by atoms with Crippen molar-refractivity contribution in [2.75, 3.05) is 26.2 Å². The predicted molar refractivity (Wildman–Crippen MR) is 59.2 cm³/mol. The topological polar surface area (TPSA) is 70.7 Å². The molecule has 16 heavy (non-hydrogen) atoms. The van der Waals surface area contributed by atoms with E-state index in [0.29, 0.717) is 26.2 Å². The van der Waals surface area contributed by atoms with Crippen molar-refractivity contribution < 1.29 is 14.3 Å². The number of urea groups is 1. The molecular weight excluding hydrogens is 210 g/mol. The Morgan fingerprint density at radius 1 is 1.56 bits per heavy atom. The molecule has 0 aliphatic carbocycles. The number of alkyl carbamates (subject to hydrolysis) is 1. The highest BCUT2D eigenvalue weighted by Gasteiger charge is 2.19. The maximum atomic E-state index is 11.3. The summed E-state index contributed by atoms with van der Waals surface area (Å²) < 4.78 is 5.06. The second-order valence-electron chi connectivity index (χ2n) is 4.65. The van der Waals surface area contributed by atoms with Gasteiger partial charge in [-0.2, -0.15) is 0 Å². The largest absolute Gasteiger partial charge is 0.444 e. The van der Waals surface area contributed by atoms with Crippen LogP contribution < -0.4 is 10.6 Å². The van der Waals surface area contributed by atoms with Gasteiger partial charge in [0.2, 0.25) is 0 Å². The van der Waals surface area contributed by atoms with Gasteiger partial charge in [0, 0.05) is 26.2 Å². The number of carbonyl (C=O) groups is 2. The molecule has 0 radical (unpaired) electrons. The Labute approximate surface area is 95.3 Å². The summed E-state index contributed by atoms with van der Waals surface area (Å²) in [5.41, 5.74) is -0.491. The van der Waals surface area contributed by atoms with Crippen LogP contribution in [0.5, 0.6) is 0 Å². The van der Waals surface area contributed by atoms with Crippen molar-refractivity contribution >= 4 is 12.1 Å². The van der Waals surface area contributed by atoms with Crippen molar-refractivity contribution in [3.8, 4) is 0 Å². The van der Waals surface area contributed by atoms with E-state index >= 15 is 0 Å². The zero-order chi connectivity index (χ0) is 12.2. The van der Waals surface area contributed by atoms with Crippen molar-refractivity contribution in [1.82, 2.24) is 15.5 Å². The molecule has 2 N–H and O–H groups in total. The lowest BCUT2D eigenvalue weighted by atomic mass is 10.2. The van der Waals surface area contributed by atoms with Crippen molar-refractivity contribution in [3.05, 3.63) is 0 Å². The minimum absolute atomic E-state index is 0.0778. The van der Waals surface area contributed by atoms with Crippen LogP contribution in [0, 0.1) is 0 Å². The third-order valence-electron chi connectivity index (χ3n) is 2.00. The van der Waals surface area contributed by atoms with Crippen LogP contribution >= 0.6 is 0 Å². The van der Waals surface area contributed by atoms with Gasteiger partial charge in [0.15, 0.2) is 0 Å². The molecule has 0 aromatic heterocycles. The molecule has 0 atom stereocenters. The Kier molecular flexibility index (Phi) is 3.98. The average Bonchev–Trinajstić information content (AvgIpc) is 2.48. The first-order chi connectivity index (χ1) is 7.38. The maximum absolute atomic E-state index is 11.3. The lowest BCUT2D eigenvalue weighted by molar-refractivity contribution is 0.0524. The van der Waals surface area contributed by atoms with Crippen LogP contribution in [0.2, 0.25) is 0 Å². The summed E-state index contributed by atoms with van der Waals surface area (Å²) in [7, 11) is 0. The second-order valence-corrected chi connectivity index (χ2v) is 4.65. The van der Waals surface area contributed by atoms with Gasteiger partial charge in [-0.1, -0.05) is 0 Å². The van der Waals surface area contributed by atoms with E-state index in [4.69, 9.17) is 4.74 Å². The molecule has 1 heterocycles. The minimum atomic E-state index is -0.491. The van der Waals surface area contributed by atoms with Gasteiger partial charge in [0.1, 0.15) is 5.60 Å². The number of ether oxygens (including phenoxy) is 1. The van der Waals surface area contributed by atoms with E-state index in [2.05, 4.69) is 10.6 Å². The van der Waals surface area contributed by atoms with Gasteiger partial charge in [-0.3, -0.25) is 0 Å². The minimum Gasteiger partial charge on any atom is -0.444 e. The zero-order valence-electron chi connectivity index (χ0n) is 10.0. The molecule has 6 heteroatoms. The molecule has 0 saturated carbocycles. The van der Waals surface area contributed by atoms with Crippen LogP contribution in [0.1, 0.15) is 20.8 Å². The molecule has 0 aromatic rings. The summed E-state index contributed by atoms with van der Waals surface area (Å²) in [6.45, 7) is 7.69. The molecule has 1 aliphatic heterocycles. The molecule has 0 spiro atoms. The van der Waals surface area contributed by atoms with Crippen LogP contribution in [-0.2, 0) is 4.74 Å². The number of carbonyl (C=O) groups excluding carboxylic acids is 2. The van der Waals surface area contributed by atoms with Crippen LogP contribution in [0.15, 0.2) is 0 Å². The first kappa shape index (κ1) is 12.6. The van der Waals surface area contributed by atoms with E-state index in [0.717, 1.165) is 0 Å². The highest BCUT2D eigenvalue weighted by molar-refractivity contribution is 5.76. The summed E-state index contributed by atoms with van der Waals surface area (Å²) in [5, 5.41) is 5.29. The number of amides is 3. The summed E-state index contributed by atoms with van der Waals surface area (Å²) >= 11 is 0. The standard InChI is InChI=1S/C10H19N3O3/c1-10(2,3)16-9(15)12-5-7-13-6-4-11-8(13)14/h4-7H2,1-3H3,(H,11,14)(H,12,15). The molecule has 3 amide bonds. The molecule has 1 rings (SSSR count). The number of nitrogens with one attached hydrogen (secondary N) is 2. The molecular formula is C10H19N3O3. The highest BCUT2D eigenvalue weighted by atomic mass is 16.6. The molecule has 0 bridgehead atoms. The Bertz CT molecular complexity index is 273. The quantitative estimate of drug-likeness (QED) is 0.742. The smallest absolute Gasteiger partial charge is 0.407 e. The molecule has 1 aliphatic rings. The van der Waals surface area contributed by atoms with E-state index in [-0.39, 0.29) is 6.03 Å². The Balaban J connectivity index is 2.15. The lowest BCUT2D eigenvalue weighted by Crippen LogP contribution is -2.39. The lowest BCUT2D eigenvalue weighted by Gasteiger charge is -2.20. The summed E-state index contributed by atoms with van der Waals surface area (Å²) in [6, 6.07) is -0.0778. The second kappa shape index (κ2) is 5.05. The van der Waals surface area contributed by atoms with Crippen molar-refractivity contribution in [2.24, 2.45) is 0 Å².